The molecule has 0 aliphatic heterocycles. The smallest absolute Gasteiger partial charge is 0.399 e. The Morgan fingerprint density at radius 3 is 1.79 bits per heavy atom. The van der Waals surface area contributed by atoms with Gasteiger partial charge in [-0.2, -0.15) is 30.7 Å². The molecule has 0 aliphatic rings. The average Bonchev–Trinajstić information content (AvgIpc) is 2.26. The Balaban J connectivity index is 2.78. The maximum absolute atomic E-state index is 12.9. The molecule has 19 heavy (non-hydrogen) atoms. The number of rotatable bonds is 4. The van der Waals surface area contributed by atoms with Crippen LogP contribution in [-0.2, 0) is 0 Å². The molecule has 9 heteroatoms. The molecular formula is C10H8F7NS. The Labute approximate surface area is 108 Å². The molecule has 0 unspecified atom stereocenters. The minimum absolute atomic E-state index is 0.117. The summed E-state index contributed by atoms with van der Waals surface area (Å²) in [6.45, 7) is 0. The average molecular weight is 307 g/mol. The number of nitrogens with two attached hydrogens (primary N) is 1. The quantitative estimate of drug-likeness (QED) is 0.513. The van der Waals surface area contributed by atoms with E-state index in [1.807, 2.05) is 0 Å². The molecule has 0 aliphatic carbocycles. The van der Waals surface area contributed by atoms with E-state index in [1.54, 1.807) is 0 Å². The second-order valence-corrected chi connectivity index (χ2v) is 4.68. The number of nitrogen functional groups attached to an aromatic ring is 1. The van der Waals surface area contributed by atoms with E-state index in [-0.39, 0.29) is 16.7 Å². The number of benzene rings is 1. The SMILES string of the molecule is Nc1ccc(SCC(F)(F)C(F)(F)C(F)(F)F)cc1. The van der Waals surface area contributed by atoms with Gasteiger partial charge < -0.3 is 5.73 Å². The summed E-state index contributed by atoms with van der Waals surface area (Å²) < 4.78 is 86.6. The van der Waals surface area contributed by atoms with Crippen LogP contribution in [0.15, 0.2) is 29.2 Å². The summed E-state index contributed by atoms with van der Waals surface area (Å²) in [5.41, 5.74) is 5.63. The van der Waals surface area contributed by atoms with Crippen LogP contribution in [0.4, 0.5) is 36.4 Å². The second-order valence-electron chi connectivity index (χ2n) is 3.63. The molecule has 0 atom stereocenters. The molecule has 0 aromatic heterocycles. The number of anilines is 1. The van der Waals surface area contributed by atoms with Crippen molar-refractivity contribution in [3.05, 3.63) is 24.3 Å². The van der Waals surface area contributed by atoms with Gasteiger partial charge in [0, 0.05) is 10.6 Å². The zero-order valence-electron chi connectivity index (χ0n) is 9.15. The lowest BCUT2D eigenvalue weighted by Gasteiger charge is -2.27. The van der Waals surface area contributed by atoms with Crippen molar-refractivity contribution in [1.29, 1.82) is 0 Å². The van der Waals surface area contributed by atoms with Crippen molar-refractivity contribution >= 4 is 17.4 Å². The summed E-state index contributed by atoms with van der Waals surface area (Å²) in [6.07, 6.45) is -6.29. The van der Waals surface area contributed by atoms with E-state index in [1.165, 1.54) is 24.3 Å². The van der Waals surface area contributed by atoms with Gasteiger partial charge in [-0.15, -0.1) is 11.8 Å². The fraction of sp³-hybridized carbons (Fsp3) is 0.400. The maximum Gasteiger partial charge on any atom is 0.459 e. The second kappa shape index (κ2) is 5.10. The molecule has 0 heterocycles. The van der Waals surface area contributed by atoms with E-state index in [0.29, 0.717) is 5.69 Å². The fourth-order valence-corrected chi connectivity index (χ4v) is 1.89. The van der Waals surface area contributed by atoms with E-state index in [2.05, 4.69) is 0 Å². The van der Waals surface area contributed by atoms with Crippen molar-refractivity contribution in [3.8, 4) is 0 Å². The van der Waals surface area contributed by atoms with E-state index in [0.717, 1.165) is 0 Å². The Hall–Kier alpha value is -1.12. The predicted octanol–water partition coefficient (Wildman–Crippen LogP) is 4.19. The maximum atomic E-state index is 12.9. The highest BCUT2D eigenvalue weighted by atomic mass is 32.2. The van der Waals surface area contributed by atoms with Crippen LogP contribution in [0.3, 0.4) is 0 Å². The van der Waals surface area contributed by atoms with Crippen molar-refractivity contribution in [1.82, 2.24) is 0 Å². The van der Waals surface area contributed by atoms with Crippen LogP contribution in [-0.4, -0.2) is 23.8 Å². The van der Waals surface area contributed by atoms with E-state index >= 15 is 0 Å². The highest BCUT2D eigenvalue weighted by molar-refractivity contribution is 7.99. The van der Waals surface area contributed by atoms with E-state index in [4.69, 9.17) is 5.73 Å². The standard InChI is InChI=1S/C10H8F7NS/c11-8(12,9(13,14)10(15,16)17)5-19-7-3-1-6(18)2-4-7/h1-4H,5,18H2. The number of hydrogen-bond donors (Lipinski definition) is 1. The van der Waals surface area contributed by atoms with Crippen molar-refractivity contribution in [2.75, 3.05) is 11.5 Å². The van der Waals surface area contributed by atoms with Crippen LogP contribution in [0, 0.1) is 0 Å². The molecule has 0 amide bonds. The largest absolute Gasteiger partial charge is 0.459 e. The third kappa shape index (κ3) is 3.46. The van der Waals surface area contributed by atoms with Crippen molar-refractivity contribution in [2.45, 2.75) is 22.9 Å². The first-order valence-electron chi connectivity index (χ1n) is 4.78. The monoisotopic (exact) mass is 307 g/mol. The van der Waals surface area contributed by atoms with Crippen LogP contribution < -0.4 is 5.73 Å². The van der Waals surface area contributed by atoms with Gasteiger partial charge in [0.05, 0.1) is 5.75 Å². The number of alkyl halides is 7. The zero-order valence-corrected chi connectivity index (χ0v) is 9.96. The molecule has 0 fully saturated rings. The Morgan fingerprint density at radius 2 is 1.37 bits per heavy atom. The van der Waals surface area contributed by atoms with Crippen LogP contribution in [0.2, 0.25) is 0 Å². The predicted molar refractivity (Wildman–Crippen MR) is 57.5 cm³/mol. The molecule has 1 aromatic rings. The first-order valence-corrected chi connectivity index (χ1v) is 5.76. The fourth-order valence-electron chi connectivity index (χ4n) is 1.04. The Bertz CT molecular complexity index is 426. The highest BCUT2D eigenvalue weighted by Gasteiger charge is 2.72. The van der Waals surface area contributed by atoms with Crippen LogP contribution >= 0.6 is 11.8 Å². The first kappa shape index (κ1) is 15.9. The van der Waals surface area contributed by atoms with Crippen LogP contribution in [0.5, 0.6) is 0 Å². The molecule has 0 bridgehead atoms. The molecule has 1 aromatic carbocycles. The van der Waals surface area contributed by atoms with Gasteiger partial charge in [0.1, 0.15) is 0 Å². The Morgan fingerprint density at radius 1 is 0.895 bits per heavy atom. The molecular weight excluding hydrogens is 299 g/mol. The van der Waals surface area contributed by atoms with Gasteiger partial charge >= 0.3 is 18.0 Å². The lowest BCUT2D eigenvalue weighted by Crippen LogP contribution is -2.53. The topological polar surface area (TPSA) is 26.0 Å². The van der Waals surface area contributed by atoms with Gasteiger partial charge in [-0.3, -0.25) is 0 Å². The van der Waals surface area contributed by atoms with Crippen LogP contribution in [0.1, 0.15) is 0 Å². The summed E-state index contributed by atoms with van der Waals surface area (Å²) in [6, 6.07) is 5.15. The van der Waals surface area contributed by atoms with Gasteiger partial charge in [0.25, 0.3) is 0 Å². The molecule has 0 radical (unpaired) electrons. The third-order valence-corrected chi connectivity index (χ3v) is 3.23. The van der Waals surface area contributed by atoms with Gasteiger partial charge in [0.15, 0.2) is 0 Å². The lowest BCUT2D eigenvalue weighted by atomic mass is 10.2. The molecule has 1 rings (SSSR count). The summed E-state index contributed by atoms with van der Waals surface area (Å²) >= 11 is 0.193. The molecule has 0 spiro atoms. The van der Waals surface area contributed by atoms with Gasteiger partial charge in [-0.1, -0.05) is 0 Å². The molecule has 0 saturated heterocycles. The van der Waals surface area contributed by atoms with Gasteiger partial charge in [-0.25, -0.2) is 0 Å². The summed E-state index contributed by atoms with van der Waals surface area (Å²) in [5.74, 6) is -13.0. The molecule has 1 nitrogen and oxygen atoms in total. The number of hydrogen-bond acceptors (Lipinski definition) is 2. The molecule has 2 N–H and O–H groups in total. The summed E-state index contributed by atoms with van der Waals surface area (Å²) in [5, 5.41) is 0. The van der Waals surface area contributed by atoms with Gasteiger partial charge in [-0.05, 0) is 24.3 Å². The zero-order chi connectivity index (χ0) is 14.9. The summed E-state index contributed by atoms with van der Waals surface area (Å²) in [4.78, 5) is 0.117. The Kier molecular flexibility index (Phi) is 4.28. The van der Waals surface area contributed by atoms with Crippen molar-refractivity contribution in [2.24, 2.45) is 0 Å². The van der Waals surface area contributed by atoms with E-state index in [9.17, 15) is 30.7 Å². The minimum Gasteiger partial charge on any atom is -0.399 e. The van der Waals surface area contributed by atoms with E-state index < -0.39 is 23.8 Å². The summed E-state index contributed by atoms with van der Waals surface area (Å²) in [7, 11) is 0. The first-order chi connectivity index (χ1) is 8.47. The number of thioether (sulfide) groups is 1. The van der Waals surface area contributed by atoms with Crippen molar-refractivity contribution in [3.63, 3.8) is 0 Å². The number of halogens is 7. The molecule has 108 valence electrons. The van der Waals surface area contributed by atoms with Crippen molar-refractivity contribution < 1.29 is 30.7 Å². The normalized spacial score (nSPS) is 13.6. The lowest BCUT2D eigenvalue weighted by molar-refractivity contribution is -0.348. The highest BCUT2D eigenvalue weighted by Crippen LogP contribution is 2.48. The molecule has 0 saturated carbocycles. The van der Waals surface area contributed by atoms with Gasteiger partial charge in [0.2, 0.25) is 0 Å². The minimum atomic E-state index is -6.29. The third-order valence-electron chi connectivity index (χ3n) is 2.12. The van der Waals surface area contributed by atoms with Crippen LogP contribution in [0.25, 0.3) is 0 Å².